The quantitative estimate of drug-likeness (QED) is 0.532. The highest BCUT2D eigenvalue weighted by Gasteiger charge is 2.51. The van der Waals surface area contributed by atoms with Crippen LogP contribution in [0, 0.1) is 29.1 Å². The molecule has 0 aromatic rings. The van der Waals surface area contributed by atoms with E-state index in [1.54, 1.807) is 0 Å². The van der Waals surface area contributed by atoms with Gasteiger partial charge in [0, 0.05) is 0 Å². The van der Waals surface area contributed by atoms with E-state index >= 15 is 0 Å². The number of esters is 2. The number of rotatable bonds is 6. The van der Waals surface area contributed by atoms with Crippen LogP contribution in [0.4, 0.5) is 0 Å². The van der Waals surface area contributed by atoms with Gasteiger partial charge in [0.15, 0.2) is 5.41 Å². The molecule has 4 nitrogen and oxygen atoms in total. The van der Waals surface area contributed by atoms with Gasteiger partial charge < -0.3 is 9.47 Å². The lowest BCUT2D eigenvalue weighted by Gasteiger charge is -2.33. The number of ether oxygens (including phenoxy) is 2. The van der Waals surface area contributed by atoms with Crippen molar-refractivity contribution in [3.63, 3.8) is 0 Å². The average Bonchev–Trinajstić information content (AvgIpc) is 3.38. The Morgan fingerprint density at radius 3 is 1.48 bits per heavy atom. The van der Waals surface area contributed by atoms with Crippen LogP contribution in [0.15, 0.2) is 0 Å². The molecule has 0 aromatic heterocycles. The summed E-state index contributed by atoms with van der Waals surface area (Å²) in [6.45, 7) is 3.82. The van der Waals surface area contributed by atoms with Gasteiger partial charge >= 0.3 is 11.9 Å². The van der Waals surface area contributed by atoms with Crippen molar-refractivity contribution in [3.05, 3.63) is 0 Å². The van der Waals surface area contributed by atoms with E-state index in [-0.39, 0.29) is 24.1 Å². The second-order valence-corrected chi connectivity index (χ2v) is 9.03. The molecule has 4 rings (SSSR count). The van der Waals surface area contributed by atoms with Crippen LogP contribution >= 0.6 is 0 Å². The molecule has 4 fully saturated rings. The van der Waals surface area contributed by atoms with Crippen molar-refractivity contribution in [2.45, 2.75) is 90.3 Å². The first-order valence-corrected chi connectivity index (χ1v) is 10.5. The monoisotopic (exact) mass is 348 g/mol. The summed E-state index contributed by atoms with van der Waals surface area (Å²) in [6.07, 6.45) is 10.2. The van der Waals surface area contributed by atoms with Crippen molar-refractivity contribution in [2.24, 2.45) is 29.1 Å². The smallest absolute Gasteiger partial charge is 0.323 e. The lowest BCUT2D eigenvalue weighted by Crippen LogP contribution is -2.45. The summed E-state index contributed by atoms with van der Waals surface area (Å²) in [4.78, 5) is 26.0. The number of carbonyl (C=O) groups is 2. The van der Waals surface area contributed by atoms with E-state index in [4.69, 9.17) is 9.47 Å². The molecule has 0 amide bonds. The highest BCUT2D eigenvalue weighted by atomic mass is 16.6. The van der Waals surface area contributed by atoms with Crippen LogP contribution in [0.25, 0.3) is 0 Å². The molecule has 4 saturated carbocycles. The Hall–Kier alpha value is -1.06. The summed E-state index contributed by atoms with van der Waals surface area (Å²) in [5.41, 5.74) is -1.11. The molecule has 6 atom stereocenters. The normalized spacial score (nSPS) is 39.0. The van der Waals surface area contributed by atoms with E-state index in [1.807, 2.05) is 13.8 Å². The first-order chi connectivity index (χ1) is 12.1. The summed E-state index contributed by atoms with van der Waals surface area (Å²) in [7, 11) is 0. The average molecular weight is 348 g/mol. The maximum atomic E-state index is 13.0. The van der Waals surface area contributed by atoms with E-state index in [9.17, 15) is 9.59 Å². The summed E-state index contributed by atoms with van der Waals surface area (Å²) < 4.78 is 11.8. The molecule has 0 heterocycles. The fourth-order valence-corrected chi connectivity index (χ4v) is 6.07. The van der Waals surface area contributed by atoms with Gasteiger partial charge in [0.05, 0.1) is 0 Å². The highest BCUT2D eigenvalue weighted by molar-refractivity contribution is 6.00. The highest BCUT2D eigenvalue weighted by Crippen LogP contribution is 2.48. The van der Waals surface area contributed by atoms with Crippen molar-refractivity contribution in [3.8, 4) is 0 Å². The van der Waals surface area contributed by atoms with Crippen molar-refractivity contribution in [1.82, 2.24) is 0 Å². The van der Waals surface area contributed by atoms with Crippen molar-refractivity contribution < 1.29 is 19.1 Å². The number of hydrogen-bond acceptors (Lipinski definition) is 4. The minimum Gasteiger partial charge on any atom is -0.461 e. The van der Waals surface area contributed by atoms with Gasteiger partial charge in [-0.3, -0.25) is 9.59 Å². The van der Waals surface area contributed by atoms with E-state index in [0.29, 0.717) is 24.7 Å². The van der Waals surface area contributed by atoms with Crippen molar-refractivity contribution >= 4 is 11.9 Å². The fraction of sp³-hybridized carbons (Fsp3) is 0.905. The SMILES string of the molecule is CCC(CC)(C(=O)OC1CC2CCC1C2)C(=O)OC1CC2CCC1C2. The minimum atomic E-state index is -1.11. The largest absolute Gasteiger partial charge is 0.461 e. The Kier molecular flexibility index (Phi) is 4.57. The predicted molar refractivity (Wildman–Crippen MR) is 93.7 cm³/mol. The van der Waals surface area contributed by atoms with Gasteiger partial charge in [-0.25, -0.2) is 0 Å². The maximum absolute atomic E-state index is 13.0. The topological polar surface area (TPSA) is 52.6 Å². The number of fused-ring (bicyclic) bond motifs is 4. The summed E-state index contributed by atoms with van der Waals surface area (Å²) in [5, 5.41) is 0. The molecule has 0 aliphatic heterocycles. The molecular weight excluding hydrogens is 316 g/mol. The molecule has 6 unspecified atom stereocenters. The van der Waals surface area contributed by atoms with Gasteiger partial charge in [0.25, 0.3) is 0 Å². The Labute approximate surface area is 151 Å². The van der Waals surface area contributed by atoms with E-state index in [1.165, 1.54) is 38.5 Å². The lowest BCUT2D eigenvalue weighted by molar-refractivity contribution is -0.182. The van der Waals surface area contributed by atoms with Crippen LogP contribution in [0.2, 0.25) is 0 Å². The molecule has 0 N–H and O–H groups in total. The molecule has 25 heavy (non-hydrogen) atoms. The third-order valence-electron chi connectivity index (χ3n) is 7.85. The summed E-state index contributed by atoms with van der Waals surface area (Å²) >= 11 is 0. The van der Waals surface area contributed by atoms with Crippen molar-refractivity contribution in [1.29, 1.82) is 0 Å². The third-order valence-corrected chi connectivity index (χ3v) is 7.85. The van der Waals surface area contributed by atoms with Gasteiger partial charge in [-0.2, -0.15) is 0 Å². The number of carbonyl (C=O) groups excluding carboxylic acids is 2. The zero-order valence-electron chi connectivity index (χ0n) is 15.7. The van der Waals surface area contributed by atoms with Crippen LogP contribution in [-0.2, 0) is 19.1 Å². The lowest BCUT2D eigenvalue weighted by atomic mass is 9.82. The second-order valence-electron chi connectivity index (χ2n) is 9.03. The van der Waals surface area contributed by atoms with Crippen LogP contribution in [0.5, 0.6) is 0 Å². The Balaban J connectivity index is 1.42. The molecule has 0 saturated heterocycles. The molecule has 4 bridgehead atoms. The van der Waals surface area contributed by atoms with Gasteiger partial charge in [0.1, 0.15) is 12.2 Å². The zero-order chi connectivity index (χ0) is 17.6. The van der Waals surface area contributed by atoms with Gasteiger partial charge in [-0.1, -0.05) is 13.8 Å². The van der Waals surface area contributed by atoms with E-state index < -0.39 is 5.41 Å². The standard InChI is InChI=1S/C21H32O4/c1-3-21(4-2,19(22)24-17-11-13-5-7-15(17)9-13)20(23)25-18-12-14-6-8-16(18)10-14/h13-18H,3-12H2,1-2H3. The van der Waals surface area contributed by atoms with Gasteiger partial charge in [-0.15, -0.1) is 0 Å². The molecule has 0 radical (unpaired) electrons. The third kappa shape index (κ3) is 2.90. The number of hydrogen-bond donors (Lipinski definition) is 0. The molecule has 140 valence electrons. The zero-order valence-corrected chi connectivity index (χ0v) is 15.7. The van der Waals surface area contributed by atoms with E-state index in [2.05, 4.69) is 0 Å². The van der Waals surface area contributed by atoms with E-state index in [0.717, 1.165) is 24.7 Å². The molecule has 4 aliphatic carbocycles. The van der Waals surface area contributed by atoms with Crippen LogP contribution in [-0.4, -0.2) is 24.1 Å². The first kappa shape index (κ1) is 17.4. The predicted octanol–water partition coefficient (Wildman–Crippen LogP) is 4.26. The Morgan fingerprint density at radius 1 is 0.760 bits per heavy atom. The molecule has 0 spiro atoms. The molecular formula is C21H32O4. The Morgan fingerprint density at radius 2 is 1.20 bits per heavy atom. The minimum absolute atomic E-state index is 0.0269. The fourth-order valence-electron chi connectivity index (χ4n) is 6.07. The summed E-state index contributed by atoms with van der Waals surface area (Å²) in [5.74, 6) is 1.82. The maximum Gasteiger partial charge on any atom is 0.323 e. The van der Waals surface area contributed by atoms with Crippen LogP contribution < -0.4 is 0 Å². The van der Waals surface area contributed by atoms with Crippen molar-refractivity contribution in [2.75, 3.05) is 0 Å². The van der Waals surface area contributed by atoms with Gasteiger partial charge in [0.2, 0.25) is 0 Å². The first-order valence-electron chi connectivity index (χ1n) is 10.5. The van der Waals surface area contributed by atoms with Crippen LogP contribution in [0.1, 0.15) is 78.1 Å². The summed E-state index contributed by atoms with van der Waals surface area (Å²) in [6, 6.07) is 0. The van der Waals surface area contributed by atoms with Gasteiger partial charge in [-0.05, 0) is 87.9 Å². The Bertz CT molecular complexity index is 494. The molecule has 4 aliphatic rings. The second kappa shape index (κ2) is 6.59. The molecule has 0 aromatic carbocycles. The molecule has 4 heteroatoms. The van der Waals surface area contributed by atoms with Crippen LogP contribution in [0.3, 0.4) is 0 Å².